The fraction of sp³-hybridized carbons (Fsp3) is 0.357. The van der Waals surface area contributed by atoms with Crippen LogP contribution in [-0.4, -0.2) is 16.4 Å². The van der Waals surface area contributed by atoms with Crippen LogP contribution in [0.3, 0.4) is 0 Å². The minimum absolute atomic E-state index is 0.0699. The Balaban J connectivity index is 1.79. The predicted octanol–water partition coefficient (Wildman–Crippen LogP) is 1.67. The summed E-state index contributed by atoms with van der Waals surface area (Å²) in [6.07, 6.45) is 2.88. The number of hydrogen-bond acceptors (Lipinski definition) is 3. The normalized spacial score (nSPS) is 20.0. The van der Waals surface area contributed by atoms with Crippen molar-refractivity contribution in [3.05, 3.63) is 47.8 Å². The molecule has 0 fully saturated rings. The molecule has 0 bridgehead atoms. The number of hydrogen-bond donors (Lipinski definition) is 1. The monoisotopic (exact) mass is 243 g/mol. The van der Waals surface area contributed by atoms with Gasteiger partial charge in [0.05, 0.1) is 18.3 Å². The molecule has 1 aliphatic rings. The average Bonchev–Trinajstić information content (AvgIpc) is 2.84. The third-order valence-corrected chi connectivity index (χ3v) is 3.49. The van der Waals surface area contributed by atoms with Crippen molar-refractivity contribution in [2.24, 2.45) is 18.7 Å². The number of aryl methyl sites for hydroxylation is 1. The molecule has 2 heterocycles. The fourth-order valence-corrected chi connectivity index (χ4v) is 2.43. The third-order valence-electron chi connectivity index (χ3n) is 3.49. The Morgan fingerprint density at radius 2 is 2.22 bits per heavy atom. The third kappa shape index (κ3) is 1.99. The Labute approximate surface area is 106 Å². The second kappa shape index (κ2) is 4.46. The van der Waals surface area contributed by atoms with E-state index in [1.807, 2.05) is 37.5 Å². The number of ether oxygens (including phenoxy) is 1. The minimum Gasteiger partial charge on any atom is -0.493 e. The van der Waals surface area contributed by atoms with Gasteiger partial charge in [-0.05, 0) is 24.1 Å². The molecule has 94 valence electrons. The number of aromatic nitrogens is 2. The van der Waals surface area contributed by atoms with Crippen LogP contribution in [0.1, 0.15) is 17.3 Å². The molecule has 4 heteroatoms. The van der Waals surface area contributed by atoms with Crippen LogP contribution >= 0.6 is 0 Å². The van der Waals surface area contributed by atoms with E-state index in [0.29, 0.717) is 6.61 Å². The first-order valence-corrected chi connectivity index (χ1v) is 6.20. The van der Waals surface area contributed by atoms with Gasteiger partial charge in [-0.25, -0.2) is 0 Å². The molecular formula is C14H17N3O. The lowest BCUT2D eigenvalue weighted by atomic mass is 9.89. The molecular weight excluding hydrogens is 226 g/mol. The highest BCUT2D eigenvalue weighted by atomic mass is 16.5. The molecule has 0 spiro atoms. The molecule has 2 atom stereocenters. The predicted molar refractivity (Wildman–Crippen MR) is 69.3 cm³/mol. The molecule has 2 aromatic rings. The highest BCUT2D eigenvalue weighted by Gasteiger charge is 2.27. The molecule has 2 unspecified atom stereocenters. The molecule has 1 aliphatic heterocycles. The highest BCUT2D eigenvalue weighted by molar-refractivity contribution is 5.35. The van der Waals surface area contributed by atoms with E-state index in [9.17, 15) is 0 Å². The first-order chi connectivity index (χ1) is 8.74. The quantitative estimate of drug-likeness (QED) is 0.873. The Morgan fingerprint density at radius 1 is 1.39 bits per heavy atom. The van der Waals surface area contributed by atoms with Gasteiger partial charge in [0.15, 0.2) is 0 Å². The second-order valence-corrected chi connectivity index (χ2v) is 4.82. The van der Waals surface area contributed by atoms with Crippen molar-refractivity contribution >= 4 is 0 Å². The first kappa shape index (κ1) is 11.3. The van der Waals surface area contributed by atoms with Crippen LogP contribution in [0.5, 0.6) is 5.75 Å². The van der Waals surface area contributed by atoms with Gasteiger partial charge in [-0.15, -0.1) is 0 Å². The Hall–Kier alpha value is -1.81. The molecule has 0 saturated carbocycles. The Kier molecular flexibility index (Phi) is 2.80. The standard InChI is InChI=1S/C14H17N3O/c1-17-7-6-12(16-17)14(15)11-8-10-4-2-3-5-13(10)18-9-11/h2-7,11,14H,8-9,15H2,1H3. The summed E-state index contributed by atoms with van der Waals surface area (Å²) < 4.78 is 7.56. The van der Waals surface area contributed by atoms with E-state index in [2.05, 4.69) is 11.2 Å². The van der Waals surface area contributed by atoms with Crippen molar-refractivity contribution in [3.63, 3.8) is 0 Å². The van der Waals surface area contributed by atoms with Crippen molar-refractivity contribution in [1.82, 2.24) is 9.78 Å². The highest BCUT2D eigenvalue weighted by Crippen LogP contribution is 2.31. The van der Waals surface area contributed by atoms with Gasteiger partial charge in [0.2, 0.25) is 0 Å². The van der Waals surface area contributed by atoms with Crippen molar-refractivity contribution in [2.75, 3.05) is 6.61 Å². The number of fused-ring (bicyclic) bond motifs is 1. The van der Waals surface area contributed by atoms with Gasteiger partial charge in [0, 0.05) is 19.2 Å². The molecule has 3 rings (SSSR count). The van der Waals surface area contributed by atoms with Crippen molar-refractivity contribution in [2.45, 2.75) is 12.5 Å². The number of para-hydroxylation sites is 1. The van der Waals surface area contributed by atoms with Gasteiger partial charge < -0.3 is 10.5 Å². The van der Waals surface area contributed by atoms with Crippen LogP contribution < -0.4 is 10.5 Å². The molecule has 0 amide bonds. The Morgan fingerprint density at radius 3 is 3.00 bits per heavy atom. The zero-order valence-electron chi connectivity index (χ0n) is 10.4. The number of nitrogens with zero attached hydrogens (tertiary/aromatic N) is 2. The minimum atomic E-state index is -0.0699. The Bertz CT molecular complexity index is 549. The van der Waals surface area contributed by atoms with E-state index in [-0.39, 0.29) is 12.0 Å². The van der Waals surface area contributed by atoms with Crippen LogP contribution in [-0.2, 0) is 13.5 Å². The fourth-order valence-electron chi connectivity index (χ4n) is 2.43. The van der Waals surface area contributed by atoms with Crippen LogP contribution in [0.4, 0.5) is 0 Å². The molecule has 0 radical (unpaired) electrons. The van der Waals surface area contributed by atoms with Gasteiger partial charge in [-0.3, -0.25) is 4.68 Å². The van der Waals surface area contributed by atoms with E-state index in [1.165, 1.54) is 5.56 Å². The summed E-state index contributed by atoms with van der Waals surface area (Å²) in [6, 6.07) is 10.1. The summed E-state index contributed by atoms with van der Waals surface area (Å²) in [7, 11) is 1.91. The van der Waals surface area contributed by atoms with Crippen LogP contribution in [0.25, 0.3) is 0 Å². The van der Waals surface area contributed by atoms with Gasteiger partial charge in [-0.2, -0.15) is 5.10 Å². The van der Waals surface area contributed by atoms with E-state index in [1.54, 1.807) is 4.68 Å². The molecule has 18 heavy (non-hydrogen) atoms. The van der Waals surface area contributed by atoms with E-state index < -0.39 is 0 Å². The summed E-state index contributed by atoms with van der Waals surface area (Å²) >= 11 is 0. The van der Waals surface area contributed by atoms with Crippen LogP contribution in [0.15, 0.2) is 36.5 Å². The lowest BCUT2D eigenvalue weighted by molar-refractivity contribution is 0.198. The van der Waals surface area contributed by atoms with Crippen LogP contribution in [0.2, 0.25) is 0 Å². The van der Waals surface area contributed by atoms with Gasteiger partial charge in [-0.1, -0.05) is 18.2 Å². The lowest BCUT2D eigenvalue weighted by Gasteiger charge is -2.28. The first-order valence-electron chi connectivity index (χ1n) is 6.20. The summed E-state index contributed by atoms with van der Waals surface area (Å²) in [5, 5.41) is 4.38. The summed E-state index contributed by atoms with van der Waals surface area (Å²) in [6.45, 7) is 0.661. The molecule has 0 aliphatic carbocycles. The topological polar surface area (TPSA) is 53.1 Å². The largest absolute Gasteiger partial charge is 0.493 e. The van der Waals surface area contributed by atoms with Crippen molar-refractivity contribution in [3.8, 4) is 5.75 Å². The average molecular weight is 243 g/mol. The molecule has 4 nitrogen and oxygen atoms in total. The smallest absolute Gasteiger partial charge is 0.122 e. The van der Waals surface area contributed by atoms with E-state index >= 15 is 0 Å². The maximum absolute atomic E-state index is 6.28. The summed E-state index contributed by atoms with van der Waals surface area (Å²) in [4.78, 5) is 0. The second-order valence-electron chi connectivity index (χ2n) is 4.82. The SMILES string of the molecule is Cn1ccc(C(N)C2COc3ccccc3C2)n1. The summed E-state index contributed by atoms with van der Waals surface area (Å²) in [5.41, 5.74) is 8.46. The maximum Gasteiger partial charge on any atom is 0.122 e. The molecule has 2 N–H and O–H groups in total. The summed E-state index contributed by atoms with van der Waals surface area (Å²) in [5.74, 6) is 1.27. The molecule has 1 aromatic carbocycles. The van der Waals surface area contributed by atoms with E-state index in [0.717, 1.165) is 17.9 Å². The number of nitrogens with two attached hydrogens (primary N) is 1. The number of benzene rings is 1. The van der Waals surface area contributed by atoms with Gasteiger partial charge in [0.1, 0.15) is 5.75 Å². The van der Waals surface area contributed by atoms with Crippen molar-refractivity contribution < 1.29 is 4.74 Å². The zero-order valence-corrected chi connectivity index (χ0v) is 10.4. The van der Waals surface area contributed by atoms with Gasteiger partial charge in [0.25, 0.3) is 0 Å². The van der Waals surface area contributed by atoms with Gasteiger partial charge >= 0.3 is 0 Å². The molecule has 1 aromatic heterocycles. The van der Waals surface area contributed by atoms with Crippen molar-refractivity contribution in [1.29, 1.82) is 0 Å². The zero-order chi connectivity index (χ0) is 12.5. The van der Waals surface area contributed by atoms with E-state index in [4.69, 9.17) is 10.5 Å². The van der Waals surface area contributed by atoms with Crippen LogP contribution in [0, 0.1) is 5.92 Å². The maximum atomic E-state index is 6.28. The molecule has 0 saturated heterocycles. The lowest BCUT2D eigenvalue weighted by Crippen LogP contribution is -2.31. The number of rotatable bonds is 2.